The first-order chi connectivity index (χ1) is 22.9. The number of piperazine rings is 1. The van der Waals surface area contributed by atoms with Gasteiger partial charge >= 0.3 is 0 Å². The second kappa shape index (κ2) is 14.1. The minimum atomic E-state index is -0.314. The fourth-order valence-electron chi connectivity index (χ4n) is 8.30. The number of benzene rings is 1. The van der Waals surface area contributed by atoms with Gasteiger partial charge < -0.3 is 29.5 Å². The normalized spacial score (nSPS) is 26.3. The van der Waals surface area contributed by atoms with Crippen LogP contribution in [0.15, 0.2) is 30.3 Å². The zero-order valence-electron chi connectivity index (χ0n) is 28.5. The number of ketones is 1. The summed E-state index contributed by atoms with van der Waals surface area (Å²) in [6.07, 6.45) is 9.81. The van der Waals surface area contributed by atoms with Crippen molar-refractivity contribution in [1.29, 1.82) is 0 Å². The number of likely N-dealkylation sites (N-methyl/N-ethyl adjacent to an activating group) is 1. The molecule has 10 heteroatoms. The SMILES string of the molecule is COc1ccc(C(=O)CC2CCC(N3CCN(CC4CC4)CC3)CC2)cc1Nc1ccc2c(n1)N(C1CCOCC1)[C@H](C)C(=O)N2C. The number of Topliss-reactive ketones (excluding diaryl/α,β-unsaturated/α-hetero) is 1. The number of ether oxygens (including phenoxy) is 2. The van der Waals surface area contributed by atoms with E-state index in [0.29, 0.717) is 54.4 Å². The molecule has 2 saturated carbocycles. The first kappa shape index (κ1) is 32.3. The summed E-state index contributed by atoms with van der Waals surface area (Å²) in [5.74, 6) is 3.75. The number of aromatic nitrogens is 1. The van der Waals surface area contributed by atoms with Crippen LogP contribution in [0.25, 0.3) is 0 Å². The molecule has 0 unspecified atom stereocenters. The molecule has 2 saturated heterocycles. The summed E-state index contributed by atoms with van der Waals surface area (Å²) in [5, 5.41) is 3.44. The zero-order chi connectivity index (χ0) is 32.5. The third-order valence-electron chi connectivity index (χ3n) is 11.4. The lowest BCUT2D eigenvalue weighted by Crippen LogP contribution is -2.56. The van der Waals surface area contributed by atoms with E-state index in [9.17, 15) is 9.59 Å². The van der Waals surface area contributed by atoms with Gasteiger partial charge in [0.25, 0.3) is 0 Å². The number of nitrogens with zero attached hydrogens (tertiary/aromatic N) is 5. The molecule has 0 spiro atoms. The molecular weight excluding hydrogens is 592 g/mol. The van der Waals surface area contributed by atoms with Crippen molar-refractivity contribution in [2.45, 2.75) is 82.8 Å². The van der Waals surface area contributed by atoms with Crippen molar-refractivity contribution in [3.63, 3.8) is 0 Å². The molecule has 1 amide bonds. The van der Waals surface area contributed by atoms with Crippen molar-refractivity contribution in [1.82, 2.24) is 14.8 Å². The van der Waals surface area contributed by atoms with E-state index in [1.165, 1.54) is 58.4 Å². The number of amides is 1. The van der Waals surface area contributed by atoms with Gasteiger partial charge in [-0.2, -0.15) is 0 Å². The van der Waals surface area contributed by atoms with E-state index in [-0.39, 0.29) is 23.8 Å². The molecule has 10 nitrogen and oxygen atoms in total. The van der Waals surface area contributed by atoms with Gasteiger partial charge in [-0.05, 0) is 100 Å². The molecule has 5 aliphatic rings. The lowest BCUT2D eigenvalue weighted by molar-refractivity contribution is -0.119. The zero-order valence-corrected chi connectivity index (χ0v) is 28.5. The van der Waals surface area contributed by atoms with E-state index in [4.69, 9.17) is 14.5 Å². The summed E-state index contributed by atoms with van der Waals surface area (Å²) < 4.78 is 11.3. The first-order valence-corrected chi connectivity index (χ1v) is 18.0. The van der Waals surface area contributed by atoms with Gasteiger partial charge in [0.15, 0.2) is 11.6 Å². The average molecular weight is 645 g/mol. The summed E-state index contributed by atoms with van der Waals surface area (Å²) in [7, 11) is 3.46. The highest BCUT2D eigenvalue weighted by molar-refractivity contribution is 6.04. The van der Waals surface area contributed by atoms with Crippen LogP contribution in [0.5, 0.6) is 5.75 Å². The third kappa shape index (κ3) is 7.15. The van der Waals surface area contributed by atoms with E-state index >= 15 is 0 Å². The van der Waals surface area contributed by atoms with E-state index in [0.717, 1.165) is 43.1 Å². The molecule has 1 atom stereocenters. The van der Waals surface area contributed by atoms with Crippen molar-refractivity contribution in [3.8, 4) is 5.75 Å². The van der Waals surface area contributed by atoms with Crippen LogP contribution in [0, 0.1) is 11.8 Å². The number of hydrogen-bond acceptors (Lipinski definition) is 9. The molecule has 2 aromatic rings. The van der Waals surface area contributed by atoms with Crippen molar-refractivity contribution >= 4 is 34.7 Å². The Morgan fingerprint density at radius 1 is 0.936 bits per heavy atom. The standard InChI is InChI=1S/C37H52N6O4/c1-25-37(45)40(2)32-11-13-35(39-36(32)43(25)30-14-20-47-21-15-30)38-31-23-28(8-12-34(31)46-3)33(44)22-26-6-9-29(10-7-26)42-18-16-41(17-19-42)24-27-4-5-27/h8,11-13,23,25-27,29-30H,4-7,9-10,14-22,24H2,1-3H3,(H,38,39)/t25-,26?,29?/m1/s1. The Bertz CT molecular complexity index is 1430. The van der Waals surface area contributed by atoms with Gasteiger partial charge in [-0.25, -0.2) is 4.98 Å². The van der Waals surface area contributed by atoms with Crippen LogP contribution in [-0.4, -0.2) is 105 Å². The maximum atomic E-state index is 13.6. The molecular formula is C37H52N6O4. The first-order valence-electron chi connectivity index (χ1n) is 18.0. The number of hydrogen-bond donors (Lipinski definition) is 1. The van der Waals surface area contributed by atoms with Gasteiger partial charge in [0.2, 0.25) is 5.91 Å². The highest BCUT2D eigenvalue weighted by Crippen LogP contribution is 2.39. The summed E-state index contributed by atoms with van der Waals surface area (Å²) in [4.78, 5) is 41.0. The molecule has 4 fully saturated rings. The lowest BCUT2D eigenvalue weighted by atomic mass is 9.81. The summed E-state index contributed by atoms with van der Waals surface area (Å²) in [6.45, 7) is 9.46. The fourth-order valence-corrected chi connectivity index (χ4v) is 8.30. The van der Waals surface area contributed by atoms with Gasteiger partial charge in [-0.1, -0.05) is 0 Å². The van der Waals surface area contributed by atoms with Crippen LogP contribution >= 0.6 is 0 Å². The second-order valence-corrected chi connectivity index (χ2v) is 14.5. The highest BCUT2D eigenvalue weighted by Gasteiger charge is 2.39. The summed E-state index contributed by atoms with van der Waals surface area (Å²) in [6, 6.07) is 10.0. The fraction of sp³-hybridized carbons (Fsp3) is 0.649. The number of rotatable bonds is 10. The summed E-state index contributed by atoms with van der Waals surface area (Å²) >= 11 is 0. The molecule has 0 bridgehead atoms. The quantitative estimate of drug-likeness (QED) is 0.344. The number of carbonyl (C=O) groups is 2. The number of nitrogens with one attached hydrogen (secondary N) is 1. The number of anilines is 4. The Balaban J connectivity index is 0.994. The Labute approximate surface area is 279 Å². The predicted octanol–water partition coefficient (Wildman–Crippen LogP) is 5.34. The predicted molar refractivity (Wildman–Crippen MR) is 185 cm³/mol. The van der Waals surface area contributed by atoms with E-state index in [1.54, 1.807) is 12.0 Å². The van der Waals surface area contributed by atoms with Crippen LogP contribution in [0.4, 0.5) is 23.0 Å². The van der Waals surface area contributed by atoms with Gasteiger partial charge in [0.05, 0.1) is 18.5 Å². The van der Waals surface area contributed by atoms with Crippen molar-refractivity contribution in [2.75, 3.05) is 75.2 Å². The molecule has 47 heavy (non-hydrogen) atoms. The molecule has 254 valence electrons. The Kier molecular flexibility index (Phi) is 9.71. The van der Waals surface area contributed by atoms with Crippen LogP contribution in [0.2, 0.25) is 0 Å². The summed E-state index contributed by atoms with van der Waals surface area (Å²) in [5.41, 5.74) is 2.20. The number of methoxy groups -OCH3 is 1. The number of pyridine rings is 1. The Morgan fingerprint density at radius 3 is 2.36 bits per heavy atom. The van der Waals surface area contributed by atoms with Crippen molar-refractivity contribution in [3.05, 3.63) is 35.9 Å². The molecule has 1 aromatic heterocycles. The van der Waals surface area contributed by atoms with Crippen LogP contribution in [0.1, 0.15) is 75.1 Å². The van der Waals surface area contributed by atoms with Gasteiger partial charge in [-0.15, -0.1) is 0 Å². The molecule has 1 N–H and O–H groups in total. The lowest BCUT2D eigenvalue weighted by Gasteiger charge is -2.44. The Hall–Kier alpha value is -3.21. The molecule has 2 aliphatic carbocycles. The average Bonchev–Trinajstić information content (AvgIpc) is 3.92. The van der Waals surface area contributed by atoms with Gasteiger partial charge in [-0.3, -0.25) is 14.5 Å². The van der Waals surface area contributed by atoms with Crippen LogP contribution in [0.3, 0.4) is 0 Å². The van der Waals surface area contributed by atoms with Gasteiger partial charge in [0.1, 0.15) is 17.6 Å². The highest BCUT2D eigenvalue weighted by atomic mass is 16.5. The largest absolute Gasteiger partial charge is 0.495 e. The maximum Gasteiger partial charge on any atom is 0.249 e. The maximum absolute atomic E-state index is 13.6. The van der Waals surface area contributed by atoms with Crippen molar-refractivity contribution < 1.29 is 19.1 Å². The van der Waals surface area contributed by atoms with Crippen LogP contribution < -0.4 is 19.9 Å². The Morgan fingerprint density at radius 2 is 1.66 bits per heavy atom. The third-order valence-corrected chi connectivity index (χ3v) is 11.4. The second-order valence-electron chi connectivity index (χ2n) is 14.5. The minimum Gasteiger partial charge on any atom is -0.495 e. The van der Waals surface area contributed by atoms with Crippen molar-refractivity contribution in [2.24, 2.45) is 11.8 Å². The molecule has 4 heterocycles. The van der Waals surface area contributed by atoms with E-state index in [2.05, 4.69) is 20.0 Å². The van der Waals surface area contributed by atoms with E-state index < -0.39 is 0 Å². The van der Waals surface area contributed by atoms with E-state index in [1.807, 2.05) is 44.3 Å². The van der Waals surface area contributed by atoms with Gasteiger partial charge in [0, 0.05) is 77.1 Å². The molecule has 7 rings (SSSR count). The minimum absolute atomic E-state index is 0.0647. The monoisotopic (exact) mass is 644 g/mol. The number of carbonyl (C=O) groups excluding carboxylic acids is 2. The van der Waals surface area contributed by atoms with Crippen LogP contribution in [-0.2, 0) is 9.53 Å². The number of fused-ring (bicyclic) bond motifs is 1. The molecule has 1 aromatic carbocycles. The molecule has 3 aliphatic heterocycles. The molecule has 0 radical (unpaired) electrons. The topological polar surface area (TPSA) is 90.5 Å². The smallest absolute Gasteiger partial charge is 0.249 e.